The second-order valence-corrected chi connectivity index (χ2v) is 7.43. The van der Waals surface area contributed by atoms with Crippen LogP contribution in [0, 0.1) is 0 Å². The van der Waals surface area contributed by atoms with Crippen molar-refractivity contribution in [3.63, 3.8) is 0 Å². The molecule has 0 aliphatic heterocycles. The van der Waals surface area contributed by atoms with Gasteiger partial charge in [-0.15, -0.1) is 0 Å². The van der Waals surface area contributed by atoms with Gasteiger partial charge in [-0.05, 0) is 46.9 Å². The molecule has 0 radical (unpaired) electrons. The van der Waals surface area contributed by atoms with Gasteiger partial charge in [-0.25, -0.2) is 9.59 Å². The van der Waals surface area contributed by atoms with Gasteiger partial charge in [-0.2, -0.15) is 0 Å². The van der Waals surface area contributed by atoms with Crippen LogP contribution in [0.3, 0.4) is 0 Å². The van der Waals surface area contributed by atoms with Crippen LogP contribution in [0.4, 0.5) is 4.79 Å². The SMILES string of the molecule is CC(NC(=O)OCC1c2ccccc2-c2ccccc21)(C(=O)O)c1ccc(O)cc1. The molecule has 3 aromatic carbocycles. The van der Waals surface area contributed by atoms with Crippen molar-refractivity contribution in [2.24, 2.45) is 0 Å². The molecule has 0 heterocycles. The van der Waals surface area contributed by atoms with Gasteiger partial charge in [0, 0.05) is 5.92 Å². The highest BCUT2D eigenvalue weighted by Crippen LogP contribution is 2.44. The number of nitrogens with one attached hydrogen (secondary N) is 1. The standard InChI is InChI=1S/C24H21NO5/c1-24(22(27)28,15-10-12-16(26)13-11-15)25-23(29)30-14-21-19-8-4-2-6-17(19)18-7-3-5-9-20(18)21/h2-13,21,26H,14H2,1H3,(H,25,29)(H,27,28). The molecular weight excluding hydrogens is 382 g/mol. The lowest BCUT2D eigenvalue weighted by Crippen LogP contribution is -2.49. The monoisotopic (exact) mass is 403 g/mol. The smallest absolute Gasteiger partial charge is 0.408 e. The number of carboxylic acids is 1. The van der Waals surface area contributed by atoms with E-state index in [1.165, 1.54) is 31.2 Å². The Morgan fingerprint density at radius 3 is 2.00 bits per heavy atom. The Bertz CT molecular complexity index is 1060. The van der Waals surface area contributed by atoms with Crippen molar-refractivity contribution in [2.75, 3.05) is 6.61 Å². The first-order chi connectivity index (χ1) is 14.4. The maximum atomic E-state index is 12.5. The number of phenolic OH excluding ortho intramolecular Hbond substituents is 1. The molecule has 6 heteroatoms. The number of amides is 1. The minimum absolute atomic E-state index is 0.00706. The van der Waals surface area contributed by atoms with Crippen molar-refractivity contribution in [3.8, 4) is 16.9 Å². The van der Waals surface area contributed by atoms with Crippen molar-refractivity contribution in [2.45, 2.75) is 18.4 Å². The highest BCUT2D eigenvalue weighted by Gasteiger charge is 2.38. The number of carbonyl (C=O) groups is 2. The first-order valence-electron chi connectivity index (χ1n) is 9.56. The third-order valence-electron chi connectivity index (χ3n) is 5.57. The lowest BCUT2D eigenvalue weighted by atomic mass is 9.92. The topological polar surface area (TPSA) is 95.9 Å². The number of aromatic hydroxyl groups is 1. The van der Waals surface area contributed by atoms with Gasteiger partial charge >= 0.3 is 12.1 Å². The number of alkyl carbamates (subject to hydrolysis) is 1. The zero-order chi connectivity index (χ0) is 21.3. The van der Waals surface area contributed by atoms with Crippen molar-refractivity contribution >= 4 is 12.1 Å². The van der Waals surface area contributed by atoms with Crippen LogP contribution in [-0.4, -0.2) is 28.9 Å². The van der Waals surface area contributed by atoms with Crippen molar-refractivity contribution in [1.29, 1.82) is 0 Å². The van der Waals surface area contributed by atoms with E-state index < -0.39 is 17.6 Å². The first-order valence-corrected chi connectivity index (χ1v) is 9.56. The molecule has 0 bridgehead atoms. The van der Waals surface area contributed by atoms with Crippen LogP contribution in [0.2, 0.25) is 0 Å². The van der Waals surface area contributed by atoms with E-state index in [9.17, 15) is 19.8 Å². The normalized spacial score (nSPS) is 14.3. The minimum Gasteiger partial charge on any atom is -0.508 e. The molecular formula is C24H21NO5. The average Bonchev–Trinajstić information content (AvgIpc) is 3.06. The summed E-state index contributed by atoms with van der Waals surface area (Å²) in [6.07, 6.45) is -0.824. The molecule has 4 rings (SSSR count). The largest absolute Gasteiger partial charge is 0.508 e. The summed E-state index contributed by atoms with van der Waals surface area (Å²) in [5, 5.41) is 21.6. The first kappa shape index (κ1) is 19.5. The van der Waals surface area contributed by atoms with Crippen LogP contribution in [0.15, 0.2) is 72.8 Å². The van der Waals surface area contributed by atoms with Gasteiger partial charge < -0.3 is 20.3 Å². The van der Waals surface area contributed by atoms with E-state index in [4.69, 9.17) is 4.74 Å². The Morgan fingerprint density at radius 2 is 1.47 bits per heavy atom. The number of fused-ring (bicyclic) bond motifs is 3. The number of benzene rings is 3. The van der Waals surface area contributed by atoms with E-state index in [0.717, 1.165) is 22.3 Å². The van der Waals surface area contributed by atoms with Gasteiger partial charge in [0.05, 0.1) is 0 Å². The van der Waals surface area contributed by atoms with E-state index in [1.54, 1.807) is 0 Å². The molecule has 3 N–H and O–H groups in total. The fourth-order valence-electron chi connectivity index (χ4n) is 3.88. The van der Waals surface area contributed by atoms with E-state index >= 15 is 0 Å². The predicted molar refractivity (Wildman–Crippen MR) is 111 cm³/mol. The van der Waals surface area contributed by atoms with Crippen molar-refractivity contribution < 1.29 is 24.5 Å². The quantitative estimate of drug-likeness (QED) is 0.592. The third-order valence-corrected chi connectivity index (χ3v) is 5.57. The molecule has 0 aromatic heterocycles. The van der Waals surface area contributed by atoms with Gasteiger partial charge in [0.25, 0.3) is 0 Å². The van der Waals surface area contributed by atoms with E-state index in [1.807, 2.05) is 48.5 Å². The molecule has 0 spiro atoms. The zero-order valence-electron chi connectivity index (χ0n) is 16.3. The summed E-state index contributed by atoms with van der Waals surface area (Å²) < 4.78 is 5.47. The summed E-state index contributed by atoms with van der Waals surface area (Å²) in [5.74, 6) is -1.35. The average molecular weight is 403 g/mol. The van der Waals surface area contributed by atoms with Crippen LogP contribution in [-0.2, 0) is 15.1 Å². The van der Waals surface area contributed by atoms with Gasteiger partial charge in [-0.3, -0.25) is 0 Å². The molecule has 0 saturated carbocycles. The lowest BCUT2D eigenvalue weighted by molar-refractivity contribution is -0.144. The number of ether oxygens (including phenoxy) is 1. The molecule has 3 aromatic rings. The highest BCUT2D eigenvalue weighted by molar-refractivity contribution is 5.85. The summed E-state index contributed by atoms with van der Waals surface area (Å²) in [4.78, 5) is 24.4. The van der Waals surface area contributed by atoms with Crippen LogP contribution in [0.25, 0.3) is 11.1 Å². The summed E-state index contributed by atoms with van der Waals surface area (Å²) in [5.41, 5.74) is 3.00. The molecule has 1 amide bonds. The molecule has 30 heavy (non-hydrogen) atoms. The van der Waals surface area contributed by atoms with Gasteiger partial charge in [0.15, 0.2) is 5.54 Å². The molecule has 0 fully saturated rings. The van der Waals surface area contributed by atoms with Crippen LogP contribution in [0.5, 0.6) is 5.75 Å². The molecule has 1 aliphatic carbocycles. The zero-order valence-corrected chi connectivity index (χ0v) is 16.3. The molecule has 152 valence electrons. The summed E-state index contributed by atoms with van der Waals surface area (Å²) in [7, 11) is 0. The number of carbonyl (C=O) groups excluding carboxylic acids is 1. The molecule has 6 nitrogen and oxygen atoms in total. The Morgan fingerprint density at radius 1 is 0.933 bits per heavy atom. The Hall–Kier alpha value is -3.80. The Labute approximate surface area is 173 Å². The van der Waals surface area contributed by atoms with Crippen LogP contribution >= 0.6 is 0 Å². The van der Waals surface area contributed by atoms with Crippen molar-refractivity contribution in [1.82, 2.24) is 5.32 Å². The minimum atomic E-state index is -1.70. The summed E-state index contributed by atoms with van der Waals surface area (Å²) >= 11 is 0. The van der Waals surface area contributed by atoms with Crippen molar-refractivity contribution in [3.05, 3.63) is 89.5 Å². The maximum absolute atomic E-state index is 12.5. The Kier molecular flexibility index (Phi) is 4.91. The summed E-state index contributed by atoms with van der Waals surface area (Å²) in [6, 6.07) is 21.6. The highest BCUT2D eigenvalue weighted by atomic mass is 16.5. The number of carboxylic acid groups (broad SMARTS) is 1. The summed E-state index contributed by atoms with van der Waals surface area (Å²) in [6.45, 7) is 1.47. The van der Waals surface area contributed by atoms with Gasteiger partial charge in [0.1, 0.15) is 12.4 Å². The molecule has 0 saturated heterocycles. The lowest BCUT2D eigenvalue weighted by Gasteiger charge is -2.26. The van der Waals surface area contributed by atoms with E-state index in [0.29, 0.717) is 5.56 Å². The molecule has 1 atom stereocenters. The second-order valence-electron chi connectivity index (χ2n) is 7.43. The van der Waals surface area contributed by atoms with E-state index in [-0.39, 0.29) is 18.3 Å². The number of hydrogen-bond acceptors (Lipinski definition) is 4. The molecule has 1 aliphatic rings. The fraction of sp³-hybridized carbons (Fsp3) is 0.167. The molecule has 1 unspecified atom stereocenters. The number of hydrogen-bond donors (Lipinski definition) is 3. The Balaban J connectivity index is 1.52. The number of phenols is 1. The maximum Gasteiger partial charge on any atom is 0.408 e. The fourth-order valence-corrected chi connectivity index (χ4v) is 3.88. The van der Waals surface area contributed by atoms with Gasteiger partial charge in [-0.1, -0.05) is 60.7 Å². The number of aliphatic carboxylic acids is 1. The number of rotatable bonds is 5. The van der Waals surface area contributed by atoms with Crippen LogP contribution < -0.4 is 5.32 Å². The van der Waals surface area contributed by atoms with E-state index in [2.05, 4.69) is 5.32 Å². The van der Waals surface area contributed by atoms with Gasteiger partial charge in [0.2, 0.25) is 0 Å². The van der Waals surface area contributed by atoms with Crippen LogP contribution in [0.1, 0.15) is 29.5 Å². The third kappa shape index (κ3) is 3.37. The predicted octanol–water partition coefficient (Wildman–Crippen LogP) is 4.23. The second kappa shape index (κ2) is 7.55.